The molecule has 4 aromatic rings. The van der Waals surface area contributed by atoms with Crippen LogP contribution in [0.4, 0.5) is 0 Å². The number of benzene rings is 2. The van der Waals surface area contributed by atoms with E-state index in [4.69, 9.17) is 18.9 Å². The molecule has 2 aromatic carbocycles. The van der Waals surface area contributed by atoms with E-state index in [2.05, 4.69) is 35.1 Å². The summed E-state index contributed by atoms with van der Waals surface area (Å²) in [5.74, 6) is 1.81. The van der Waals surface area contributed by atoms with Gasteiger partial charge in [0.25, 0.3) is 11.5 Å². The van der Waals surface area contributed by atoms with E-state index in [0.29, 0.717) is 61.0 Å². The molecule has 2 aromatic heterocycles. The van der Waals surface area contributed by atoms with Crippen molar-refractivity contribution in [1.82, 2.24) is 19.8 Å². The number of carbonyl (C=O) groups excluding carboxylic acids is 2. The minimum Gasteiger partial charge on any atom is -0.539 e. The van der Waals surface area contributed by atoms with Crippen LogP contribution in [-0.2, 0) is 23.2 Å². The molecule has 12 heteroatoms. The molecule has 46 heavy (non-hydrogen) atoms. The predicted octanol–water partition coefficient (Wildman–Crippen LogP) is 0.771. The van der Waals surface area contributed by atoms with Crippen molar-refractivity contribution >= 4 is 22.6 Å². The van der Waals surface area contributed by atoms with Crippen LogP contribution in [0.5, 0.6) is 23.1 Å². The van der Waals surface area contributed by atoms with Crippen LogP contribution in [0.2, 0.25) is 0 Å². The molecule has 0 aliphatic carbocycles. The summed E-state index contributed by atoms with van der Waals surface area (Å²) < 4.78 is 23.6. The molecule has 3 heterocycles. The number of piperidine rings is 1. The minimum atomic E-state index is -0.571. The van der Waals surface area contributed by atoms with E-state index in [0.717, 1.165) is 22.1 Å². The first-order valence-corrected chi connectivity index (χ1v) is 14.3. The van der Waals surface area contributed by atoms with Crippen LogP contribution in [0.1, 0.15) is 18.4 Å². The molecule has 0 radical (unpaired) electrons. The van der Waals surface area contributed by atoms with Gasteiger partial charge in [0, 0.05) is 67.2 Å². The molecule has 1 aliphatic rings. The van der Waals surface area contributed by atoms with Gasteiger partial charge in [-0.2, -0.15) is 18.2 Å². The molecule has 1 saturated heterocycles. The number of methoxy groups -OCH3 is 3. The van der Waals surface area contributed by atoms with Gasteiger partial charge in [-0.25, -0.2) is 4.98 Å². The van der Waals surface area contributed by atoms with Gasteiger partial charge in [-0.3, -0.25) is 19.7 Å². The zero-order valence-corrected chi connectivity index (χ0v) is 26.9. The van der Waals surface area contributed by atoms with Crippen molar-refractivity contribution in [2.24, 2.45) is 7.05 Å². The number of hydrogen-bond donors (Lipinski definition) is 1. The second kappa shape index (κ2) is 16.8. The van der Waals surface area contributed by atoms with E-state index < -0.39 is 6.10 Å². The Morgan fingerprint density at radius 2 is 1.74 bits per heavy atom. The maximum Gasteiger partial charge on any atom is 1.00 e. The SMILES string of the molecule is O=C1CCC(Oc2c[c-]ccc2)C(=O)N1.[CH2-]CN(C[CH2-])Cc1c(OC)cc(-c2cn(C)c(=O)c3cnc(OC)cc23)cc1OC.[Li+]. The number of aromatic nitrogens is 2. The van der Waals surface area contributed by atoms with Crippen molar-refractivity contribution in [3.63, 3.8) is 0 Å². The van der Waals surface area contributed by atoms with Crippen molar-refractivity contribution < 1.29 is 47.4 Å². The monoisotopic (exact) mass is 620 g/mol. The number of pyridine rings is 2. The van der Waals surface area contributed by atoms with Gasteiger partial charge >= 0.3 is 18.9 Å². The summed E-state index contributed by atoms with van der Waals surface area (Å²) in [5, 5.41) is 3.50. The average molecular weight is 621 g/mol. The maximum atomic E-state index is 12.6. The third-order valence-electron chi connectivity index (χ3n) is 7.33. The normalized spacial score (nSPS) is 14.1. The summed E-state index contributed by atoms with van der Waals surface area (Å²) in [4.78, 5) is 41.1. The van der Waals surface area contributed by atoms with Crippen LogP contribution in [-0.4, -0.2) is 66.8 Å². The number of amides is 2. The average Bonchev–Trinajstić information content (AvgIpc) is 3.06. The molecule has 0 bridgehead atoms. The van der Waals surface area contributed by atoms with Gasteiger partial charge in [0.1, 0.15) is 11.5 Å². The fourth-order valence-electron chi connectivity index (χ4n) is 4.87. The number of nitrogens with zero attached hydrogens (tertiary/aromatic N) is 3. The van der Waals surface area contributed by atoms with Gasteiger partial charge < -0.3 is 42.3 Å². The standard InChI is InChI=1S/C23H27N3O4.C11H10NO3.Li/c1-7-26(8-2)14-19-20(28-4)9-15(10-21(19)29-5)18-13-25(3)23(27)17-12-24-22(30-6)11-16(17)18;13-10-7-6-9(11(14)12-10)15-8-4-2-1-3-5-8;/h9-13H,1-2,7-8,14H2,3-6H3;1-2,4-5,9H,6-7H2,(H,12,13,14);/q-2;-1;+1. The number of aryl methyl sites for hydroxylation is 1. The van der Waals surface area contributed by atoms with Gasteiger partial charge in [-0.15, -0.1) is 25.2 Å². The third-order valence-corrected chi connectivity index (χ3v) is 7.33. The number of fused-ring (bicyclic) bond motifs is 1. The van der Waals surface area contributed by atoms with Crippen LogP contribution in [0.25, 0.3) is 21.9 Å². The van der Waals surface area contributed by atoms with Crippen molar-refractivity contribution in [3.8, 4) is 34.3 Å². The van der Waals surface area contributed by atoms with Crippen molar-refractivity contribution in [1.29, 1.82) is 0 Å². The Labute approximate surface area is 281 Å². The first-order chi connectivity index (χ1) is 21.7. The van der Waals surface area contributed by atoms with Crippen LogP contribution >= 0.6 is 0 Å². The summed E-state index contributed by atoms with van der Waals surface area (Å²) >= 11 is 0. The minimum absolute atomic E-state index is 0. The number of carbonyl (C=O) groups is 2. The molecule has 0 saturated carbocycles. The molecule has 0 spiro atoms. The van der Waals surface area contributed by atoms with Gasteiger partial charge in [-0.1, -0.05) is 0 Å². The Morgan fingerprint density at radius 1 is 1.04 bits per heavy atom. The number of rotatable bonds is 10. The molecular weight excluding hydrogens is 583 g/mol. The Balaban J connectivity index is 0.000000302. The van der Waals surface area contributed by atoms with E-state index in [1.165, 1.54) is 0 Å². The summed E-state index contributed by atoms with van der Waals surface area (Å²) in [6.45, 7) is 9.75. The first kappa shape index (κ1) is 36.2. The van der Waals surface area contributed by atoms with Crippen LogP contribution in [0, 0.1) is 19.9 Å². The molecule has 2 amide bonds. The van der Waals surface area contributed by atoms with E-state index in [1.807, 2.05) is 12.1 Å². The van der Waals surface area contributed by atoms with Crippen LogP contribution < -0.4 is 48.7 Å². The van der Waals surface area contributed by atoms with E-state index >= 15 is 0 Å². The molecule has 1 aliphatic heterocycles. The van der Waals surface area contributed by atoms with Gasteiger partial charge in [0.15, 0.2) is 6.10 Å². The van der Waals surface area contributed by atoms with Crippen molar-refractivity contribution in [3.05, 3.63) is 90.7 Å². The number of nitrogens with one attached hydrogen (secondary N) is 1. The Hall–Kier alpha value is -4.30. The van der Waals surface area contributed by atoms with E-state index in [1.54, 1.807) is 75.7 Å². The molecule has 1 fully saturated rings. The smallest absolute Gasteiger partial charge is 0.539 e. The summed E-state index contributed by atoms with van der Waals surface area (Å²) in [7, 11) is 6.53. The molecule has 11 nitrogen and oxygen atoms in total. The molecule has 1 N–H and O–H groups in total. The number of hydrogen-bond acceptors (Lipinski definition) is 9. The van der Waals surface area contributed by atoms with E-state index in [-0.39, 0.29) is 36.2 Å². The summed E-state index contributed by atoms with van der Waals surface area (Å²) in [5.41, 5.74) is 2.50. The zero-order chi connectivity index (χ0) is 32.5. The van der Waals surface area contributed by atoms with Crippen molar-refractivity contribution in [2.75, 3.05) is 34.4 Å². The van der Waals surface area contributed by atoms with Crippen LogP contribution in [0.3, 0.4) is 0 Å². The topological polar surface area (TPSA) is 121 Å². The predicted molar refractivity (Wildman–Crippen MR) is 170 cm³/mol. The second-order valence-electron chi connectivity index (χ2n) is 10.2. The molecule has 238 valence electrons. The third kappa shape index (κ3) is 8.49. The van der Waals surface area contributed by atoms with Gasteiger partial charge in [0.05, 0.1) is 26.7 Å². The van der Waals surface area contributed by atoms with Gasteiger partial charge in [-0.05, 0) is 17.7 Å². The molecule has 1 unspecified atom stereocenters. The largest absolute Gasteiger partial charge is 1.00 e. The van der Waals surface area contributed by atoms with Crippen molar-refractivity contribution in [2.45, 2.75) is 25.5 Å². The fraction of sp³-hybridized carbons (Fsp3) is 0.294. The molecule has 5 rings (SSSR count). The second-order valence-corrected chi connectivity index (χ2v) is 10.2. The van der Waals surface area contributed by atoms with Gasteiger partial charge in [0.2, 0.25) is 11.8 Å². The fourth-order valence-corrected chi connectivity index (χ4v) is 4.87. The van der Waals surface area contributed by atoms with E-state index in [9.17, 15) is 14.4 Å². The number of imide groups is 1. The summed E-state index contributed by atoms with van der Waals surface area (Å²) in [6, 6.07) is 15.5. The Kier molecular flexibility index (Phi) is 13.2. The molecular formula is C34H37LiN4O7-2. The Morgan fingerprint density at radius 3 is 2.30 bits per heavy atom. The Bertz CT molecular complexity index is 1680. The summed E-state index contributed by atoms with van der Waals surface area (Å²) in [6.07, 6.45) is 3.53. The zero-order valence-electron chi connectivity index (χ0n) is 26.9. The van der Waals surface area contributed by atoms with Crippen LogP contribution in [0.15, 0.2) is 59.7 Å². The first-order valence-electron chi connectivity index (χ1n) is 14.3. The quantitative estimate of drug-likeness (QED) is 0.156. The molecule has 1 atom stereocenters. The number of ether oxygens (including phenoxy) is 4. The maximum absolute atomic E-state index is 12.6.